The van der Waals surface area contributed by atoms with Crippen LogP contribution in [0.15, 0.2) is 22.2 Å². The van der Waals surface area contributed by atoms with Gasteiger partial charge < -0.3 is 4.90 Å². The van der Waals surface area contributed by atoms with E-state index in [1.807, 2.05) is 6.92 Å². The second-order valence-corrected chi connectivity index (χ2v) is 10.2. The third-order valence-electron chi connectivity index (χ3n) is 6.22. The molecule has 0 radical (unpaired) electrons. The van der Waals surface area contributed by atoms with Crippen LogP contribution in [0.2, 0.25) is 0 Å². The fourth-order valence-corrected chi connectivity index (χ4v) is 4.42. The first-order chi connectivity index (χ1) is 13.4. The zero-order valence-electron chi connectivity index (χ0n) is 19.1. The highest BCUT2D eigenvalue weighted by molar-refractivity contribution is 6.50. The van der Waals surface area contributed by atoms with Crippen molar-refractivity contribution in [2.75, 3.05) is 11.9 Å². The van der Waals surface area contributed by atoms with Crippen molar-refractivity contribution < 1.29 is 0 Å². The zero-order valence-corrected chi connectivity index (χ0v) is 19.1. The van der Waals surface area contributed by atoms with E-state index in [1.54, 1.807) is 4.79 Å². The summed E-state index contributed by atoms with van der Waals surface area (Å²) < 4.78 is 0. The Bertz CT molecular complexity index is 1050. The van der Waals surface area contributed by atoms with E-state index in [1.165, 1.54) is 11.3 Å². The summed E-state index contributed by atoms with van der Waals surface area (Å²) in [5, 5.41) is 9.11. The molecule has 2 aliphatic heterocycles. The summed E-state index contributed by atoms with van der Waals surface area (Å²) in [6, 6.07) is 4.55. The van der Waals surface area contributed by atoms with Crippen molar-refractivity contribution in [3.8, 4) is 0 Å². The molecule has 0 fully saturated rings. The van der Waals surface area contributed by atoms with Crippen LogP contribution in [-0.2, 0) is 0 Å². The van der Waals surface area contributed by atoms with E-state index >= 15 is 0 Å². The topological polar surface area (TPSA) is 58.7 Å². The van der Waals surface area contributed by atoms with Crippen LogP contribution in [0.4, 0.5) is 11.4 Å². The predicted octanol–water partition coefficient (Wildman–Crippen LogP) is 5.00. The van der Waals surface area contributed by atoms with Gasteiger partial charge in [-0.3, -0.25) is 0 Å². The van der Waals surface area contributed by atoms with Crippen LogP contribution in [0.1, 0.15) is 76.7 Å². The molecule has 0 aliphatic carbocycles. The average molecular weight is 393 g/mol. The maximum atomic E-state index is 5.11. The first-order valence-corrected chi connectivity index (χ1v) is 10.4. The number of fused-ring (bicyclic) bond motifs is 2. The van der Waals surface area contributed by atoms with Gasteiger partial charge in [-0.15, -0.1) is 9.89 Å². The maximum Gasteiger partial charge on any atom is 0.204 e. The van der Waals surface area contributed by atoms with Crippen molar-refractivity contribution in [1.29, 1.82) is 0 Å². The van der Waals surface area contributed by atoms with E-state index < -0.39 is 0 Å². The molecule has 4 rings (SSSR count). The molecule has 6 nitrogen and oxygen atoms in total. The van der Waals surface area contributed by atoms with Crippen LogP contribution in [-0.4, -0.2) is 38.9 Å². The lowest BCUT2D eigenvalue weighted by atomic mass is 9.80. The van der Waals surface area contributed by atoms with Crippen LogP contribution in [0.3, 0.4) is 0 Å². The monoisotopic (exact) mass is 392 g/mol. The molecule has 0 N–H and O–H groups in total. The number of aromatic nitrogens is 3. The summed E-state index contributed by atoms with van der Waals surface area (Å²) in [5.74, 6) is 1.93. The molecule has 1 atom stereocenters. The van der Waals surface area contributed by atoms with Gasteiger partial charge in [-0.1, -0.05) is 27.7 Å². The van der Waals surface area contributed by atoms with Gasteiger partial charge in [0.2, 0.25) is 5.82 Å². The van der Waals surface area contributed by atoms with Crippen LogP contribution in [0, 0.1) is 19.3 Å². The van der Waals surface area contributed by atoms with Crippen molar-refractivity contribution >= 4 is 22.8 Å². The van der Waals surface area contributed by atoms with Gasteiger partial charge in [-0.2, -0.15) is 5.10 Å². The molecule has 0 saturated heterocycles. The Morgan fingerprint density at radius 2 is 1.86 bits per heavy atom. The normalized spacial score (nSPS) is 22.0. The molecule has 1 unspecified atom stereocenters. The fraction of sp³-hybridized carbons (Fsp3) is 0.565. The summed E-state index contributed by atoms with van der Waals surface area (Å²) >= 11 is 0. The standard InChI is InChI=1S/C23H32N6/c1-13-10-18-16(14(2)12-23(7,8)28(18)9)11-17(13)25-19-20(22(4,5)6)27-29-21(19)24-15(3)26-29/h10-11,14H,12H2,1-9H3/b25-19-. The van der Waals surface area contributed by atoms with E-state index in [2.05, 4.69) is 82.6 Å². The Morgan fingerprint density at radius 1 is 1.17 bits per heavy atom. The van der Waals surface area contributed by atoms with E-state index in [0.29, 0.717) is 11.7 Å². The molecule has 29 heavy (non-hydrogen) atoms. The van der Waals surface area contributed by atoms with Crippen LogP contribution in [0.5, 0.6) is 0 Å². The van der Waals surface area contributed by atoms with Crippen molar-refractivity contribution in [2.45, 2.75) is 73.3 Å². The minimum absolute atomic E-state index is 0.144. The third kappa shape index (κ3) is 3.18. The molecule has 0 amide bonds. The van der Waals surface area contributed by atoms with Gasteiger partial charge >= 0.3 is 0 Å². The molecule has 154 valence electrons. The molecular weight excluding hydrogens is 360 g/mol. The number of anilines is 1. The number of rotatable bonds is 1. The molecule has 0 saturated carbocycles. The maximum absolute atomic E-state index is 5.11. The summed E-state index contributed by atoms with van der Waals surface area (Å²) in [6.07, 6.45) is 1.12. The second-order valence-electron chi connectivity index (χ2n) is 10.2. The van der Waals surface area contributed by atoms with Gasteiger partial charge in [0.1, 0.15) is 5.71 Å². The van der Waals surface area contributed by atoms with Crippen LogP contribution >= 0.6 is 0 Å². The number of aryl methyl sites for hydroxylation is 2. The van der Waals surface area contributed by atoms with Crippen molar-refractivity contribution in [3.63, 3.8) is 0 Å². The minimum atomic E-state index is -0.144. The molecule has 1 aromatic heterocycles. The van der Waals surface area contributed by atoms with Crippen molar-refractivity contribution in [1.82, 2.24) is 14.9 Å². The first kappa shape index (κ1) is 19.8. The van der Waals surface area contributed by atoms with Crippen LogP contribution in [0.25, 0.3) is 0 Å². The molecule has 2 aliphatic rings. The molecule has 0 spiro atoms. The quantitative estimate of drug-likeness (QED) is 0.686. The number of nitrogens with zero attached hydrogens (tertiary/aromatic N) is 6. The smallest absolute Gasteiger partial charge is 0.204 e. The molecule has 1 aromatic carbocycles. The molecular formula is C23H32N6. The SMILES string of the molecule is Cc1nc2n(n1)N=C(C(C)(C)C)/C2=N/c1cc2c(cc1C)N(C)C(C)(C)CC2C. The van der Waals surface area contributed by atoms with Crippen molar-refractivity contribution in [3.05, 3.63) is 34.9 Å². The Balaban J connectivity index is 1.87. The summed E-state index contributed by atoms with van der Waals surface area (Å²) in [7, 11) is 2.20. The lowest BCUT2D eigenvalue weighted by Crippen LogP contribution is -2.45. The lowest BCUT2D eigenvalue weighted by Gasteiger charge is -2.45. The molecule has 2 aromatic rings. The second kappa shape index (κ2) is 6.25. The lowest BCUT2D eigenvalue weighted by molar-refractivity contribution is 0.395. The highest BCUT2D eigenvalue weighted by Gasteiger charge is 2.36. The van der Waals surface area contributed by atoms with E-state index in [4.69, 9.17) is 10.1 Å². The van der Waals surface area contributed by atoms with Gasteiger partial charge in [0.15, 0.2) is 5.82 Å². The van der Waals surface area contributed by atoms with Crippen LogP contribution < -0.4 is 4.90 Å². The zero-order chi connectivity index (χ0) is 21.3. The number of benzene rings is 1. The Labute approximate surface area is 173 Å². The minimum Gasteiger partial charge on any atom is -0.369 e. The van der Waals surface area contributed by atoms with E-state index in [-0.39, 0.29) is 11.0 Å². The fourth-order valence-electron chi connectivity index (χ4n) is 4.42. The first-order valence-electron chi connectivity index (χ1n) is 10.4. The Hall–Kier alpha value is -2.50. The van der Waals surface area contributed by atoms with Gasteiger partial charge in [0, 0.05) is 23.7 Å². The predicted molar refractivity (Wildman–Crippen MR) is 120 cm³/mol. The van der Waals surface area contributed by atoms with Gasteiger partial charge in [-0.05, 0) is 63.3 Å². The Kier molecular flexibility index (Phi) is 4.27. The third-order valence-corrected chi connectivity index (χ3v) is 6.22. The highest BCUT2D eigenvalue weighted by atomic mass is 15.6. The summed E-state index contributed by atoms with van der Waals surface area (Å²) in [6.45, 7) is 17.4. The van der Waals surface area contributed by atoms with Gasteiger partial charge in [-0.25, -0.2) is 9.98 Å². The molecule has 3 heterocycles. The largest absolute Gasteiger partial charge is 0.369 e. The molecule has 6 heteroatoms. The highest BCUT2D eigenvalue weighted by Crippen LogP contribution is 2.45. The number of hydrogen-bond donors (Lipinski definition) is 0. The summed E-state index contributed by atoms with van der Waals surface area (Å²) in [5.41, 5.74) is 6.59. The van der Waals surface area contributed by atoms with E-state index in [9.17, 15) is 0 Å². The number of hydrogen-bond acceptors (Lipinski definition) is 5. The van der Waals surface area contributed by atoms with Gasteiger partial charge in [0.25, 0.3) is 0 Å². The Morgan fingerprint density at radius 3 is 2.52 bits per heavy atom. The van der Waals surface area contributed by atoms with Gasteiger partial charge in [0.05, 0.1) is 11.4 Å². The summed E-state index contributed by atoms with van der Waals surface area (Å²) in [4.78, 5) is 13.7. The number of aliphatic imine (C=N–C) groups is 1. The average Bonchev–Trinajstić information content (AvgIpc) is 3.10. The van der Waals surface area contributed by atoms with Crippen molar-refractivity contribution in [2.24, 2.45) is 15.5 Å². The van der Waals surface area contributed by atoms with E-state index in [0.717, 1.165) is 34.9 Å². The molecule has 0 bridgehead atoms.